The molecular formula is C13H18ClNO2S. The summed E-state index contributed by atoms with van der Waals surface area (Å²) < 4.78 is 24.3. The second-order valence-corrected chi connectivity index (χ2v) is 7.55. The highest BCUT2D eigenvalue weighted by atomic mass is 35.5. The molecule has 1 heterocycles. The van der Waals surface area contributed by atoms with Gasteiger partial charge in [-0.2, -0.15) is 0 Å². The summed E-state index contributed by atoms with van der Waals surface area (Å²) in [5.74, 6) is 0.208. The van der Waals surface area contributed by atoms with Gasteiger partial charge in [0.2, 0.25) is 0 Å². The molecule has 100 valence electrons. The monoisotopic (exact) mass is 287 g/mol. The summed E-state index contributed by atoms with van der Waals surface area (Å²) in [5, 5.41) is 3.59. The molecule has 1 saturated heterocycles. The van der Waals surface area contributed by atoms with E-state index in [0.717, 1.165) is 24.9 Å². The Hall–Kier alpha value is -0.580. The molecule has 1 fully saturated rings. The number of piperidine rings is 1. The van der Waals surface area contributed by atoms with E-state index in [0.29, 0.717) is 18.0 Å². The van der Waals surface area contributed by atoms with Crippen molar-refractivity contribution in [1.82, 2.24) is 5.32 Å². The van der Waals surface area contributed by atoms with E-state index in [1.165, 1.54) is 0 Å². The fourth-order valence-corrected chi connectivity index (χ4v) is 4.21. The van der Waals surface area contributed by atoms with Gasteiger partial charge in [-0.05, 0) is 43.5 Å². The average molecular weight is 288 g/mol. The normalized spacial score (nSPS) is 20.8. The maximum absolute atomic E-state index is 12.2. The first kappa shape index (κ1) is 13.8. The Bertz CT molecular complexity index is 495. The minimum Gasteiger partial charge on any atom is -0.315 e. The minimum atomic E-state index is -3.00. The molecule has 1 aliphatic rings. The first-order chi connectivity index (χ1) is 8.58. The maximum Gasteiger partial charge on any atom is 0.154 e. The van der Waals surface area contributed by atoms with Crippen LogP contribution in [0, 0.1) is 0 Å². The van der Waals surface area contributed by atoms with Gasteiger partial charge in [0.1, 0.15) is 0 Å². The minimum absolute atomic E-state index is 0.208. The maximum atomic E-state index is 12.2. The molecule has 0 amide bonds. The van der Waals surface area contributed by atoms with Gasteiger partial charge in [0.25, 0.3) is 0 Å². The molecule has 1 N–H and O–H groups in total. The lowest BCUT2D eigenvalue weighted by atomic mass is 10.2. The van der Waals surface area contributed by atoms with Crippen LogP contribution in [0.1, 0.15) is 18.4 Å². The number of benzene rings is 1. The van der Waals surface area contributed by atoms with Crippen molar-refractivity contribution < 1.29 is 8.42 Å². The fraction of sp³-hybridized carbons (Fsp3) is 0.538. The van der Waals surface area contributed by atoms with Crippen LogP contribution in [-0.4, -0.2) is 32.5 Å². The van der Waals surface area contributed by atoms with Crippen molar-refractivity contribution in [3.8, 4) is 0 Å². The summed E-state index contributed by atoms with van der Waals surface area (Å²) in [6, 6.07) is 7.40. The van der Waals surface area contributed by atoms with Crippen molar-refractivity contribution >= 4 is 21.4 Å². The molecule has 1 aliphatic heterocycles. The Morgan fingerprint density at radius 1 is 1.39 bits per heavy atom. The number of hydrogen-bond donors (Lipinski definition) is 1. The Balaban J connectivity index is 1.96. The average Bonchev–Trinajstić information content (AvgIpc) is 2.38. The van der Waals surface area contributed by atoms with Crippen LogP contribution in [-0.2, 0) is 16.3 Å². The van der Waals surface area contributed by atoms with Crippen molar-refractivity contribution in [2.75, 3.05) is 18.8 Å². The largest absolute Gasteiger partial charge is 0.315 e. The van der Waals surface area contributed by atoms with Crippen molar-refractivity contribution in [3.05, 3.63) is 34.9 Å². The van der Waals surface area contributed by atoms with E-state index in [2.05, 4.69) is 5.32 Å². The van der Waals surface area contributed by atoms with E-state index >= 15 is 0 Å². The Morgan fingerprint density at radius 3 is 2.89 bits per heavy atom. The van der Waals surface area contributed by atoms with Crippen LogP contribution in [0.3, 0.4) is 0 Å². The highest BCUT2D eigenvalue weighted by molar-refractivity contribution is 7.92. The summed E-state index contributed by atoms with van der Waals surface area (Å²) in [4.78, 5) is 0. The molecule has 1 unspecified atom stereocenters. The second-order valence-electron chi connectivity index (χ2n) is 4.72. The topological polar surface area (TPSA) is 46.2 Å². The number of sulfone groups is 1. The molecule has 5 heteroatoms. The Kier molecular flexibility index (Phi) is 4.65. The zero-order chi connectivity index (χ0) is 13.0. The summed E-state index contributed by atoms with van der Waals surface area (Å²) in [5.41, 5.74) is 0.981. The number of nitrogens with one attached hydrogen (secondary N) is 1. The number of aryl methyl sites for hydroxylation is 1. The SMILES string of the molecule is O=S(=O)(CCc1cccc(Cl)c1)C1CCCNC1. The smallest absolute Gasteiger partial charge is 0.154 e. The summed E-state index contributed by atoms with van der Waals surface area (Å²) in [6.45, 7) is 1.53. The fourth-order valence-electron chi connectivity index (χ4n) is 2.25. The molecule has 1 aromatic rings. The summed E-state index contributed by atoms with van der Waals surface area (Å²) in [7, 11) is -3.00. The van der Waals surface area contributed by atoms with Gasteiger partial charge in [0.05, 0.1) is 11.0 Å². The lowest BCUT2D eigenvalue weighted by Crippen LogP contribution is -2.40. The predicted octanol–water partition coefficient (Wildman–Crippen LogP) is 2.05. The molecule has 0 saturated carbocycles. The highest BCUT2D eigenvalue weighted by Gasteiger charge is 2.26. The Morgan fingerprint density at radius 2 is 2.22 bits per heavy atom. The van der Waals surface area contributed by atoms with Crippen LogP contribution in [0.4, 0.5) is 0 Å². The van der Waals surface area contributed by atoms with Gasteiger partial charge in [-0.3, -0.25) is 0 Å². The molecule has 3 nitrogen and oxygen atoms in total. The van der Waals surface area contributed by atoms with Gasteiger partial charge in [-0.1, -0.05) is 23.7 Å². The molecule has 0 spiro atoms. The van der Waals surface area contributed by atoms with Crippen LogP contribution in [0.5, 0.6) is 0 Å². The van der Waals surface area contributed by atoms with E-state index in [1.807, 2.05) is 18.2 Å². The van der Waals surface area contributed by atoms with Crippen LogP contribution in [0.25, 0.3) is 0 Å². The van der Waals surface area contributed by atoms with Crippen molar-refractivity contribution in [1.29, 1.82) is 0 Å². The standard InChI is InChI=1S/C13H18ClNO2S/c14-12-4-1-3-11(9-12)6-8-18(16,17)13-5-2-7-15-10-13/h1,3-4,9,13,15H,2,5-8,10H2. The molecule has 0 bridgehead atoms. The molecule has 1 atom stereocenters. The summed E-state index contributed by atoms with van der Waals surface area (Å²) >= 11 is 5.88. The lowest BCUT2D eigenvalue weighted by Gasteiger charge is -2.22. The molecule has 2 rings (SSSR count). The van der Waals surface area contributed by atoms with Gasteiger partial charge >= 0.3 is 0 Å². The molecule has 0 aromatic heterocycles. The van der Waals surface area contributed by atoms with Gasteiger partial charge in [0, 0.05) is 11.6 Å². The van der Waals surface area contributed by atoms with Crippen LogP contribution < -0.4 is 5.32 Å². The molecule has 18 heavy (non-hydrogen) atoms. The van der Waals surface area contributed by atoms with Gasteiger partial charge in [-0.15, -0.1) is 0 Å². The highest BCUT2D eigenvalue weighted by Crippen LogP contribution is 2.16. The number of rotatable bonds is 4. The molecule has 1 aromatic carbocycles. The summed E-state index contributed by atoms with van der Waals surface area (Å²) in [6.07, 6.45) is 2.27. The van der Waals surface area contributed by atoms with Crippen LogP contribution >= 0.6 is 11.6 Å². The van der Waals surface area contributed by atoms with Gasteiger partial charge in [0.15, 0.2) is 9.84 Å². The second kappa shape index (κ2) is 6.04. The van der Waals surface area contributed by atoms with Crippen molar-refractivity contribution in [3.63, 3.8) is 0 Å². The van der Waals surface area contributed by atoms with Crippen molar-refractivity contribution in [2.45, 2.75) is 24.5 Å². The number of hydrogen-bond acceptors (Lipinski definition) is 3. The van der Waals surface area contributed by atoms with Crippen LogP contribution in [0.2, 0.25) is 5.02 Å². The molecular weight excluding hydrogens is 270 g/mol. The quantitative estimate of drug-likeness (QED) is 0.922. The van der Waals surface area contributed by atoms with E-state index in [4.69, 9.17) is 11.6 Å². The third-order valence-electron chi connectivity index (χ3n) is 3.32. The van der Waals surface area contributed by atoms with Gasteiger partial charge in [-0.25, -0.2) is 8.42 Å². The van der Waals surface area contributed by atoms with Gasteiger partial charge < -0.3 is 5.32 Å². The van der Waals surface area contributed by atoms with E-state index in [9.17, 15) is 8.42 Å². The lowest BCUT2D eigenvalue weighted by molar-refractivity contribution is 0.496. The first-order valence-electron chi connectivity index (χ1n) is 6.25. The Labute approximate surface area is 113 Å². The zero-order valence-corrected chi connectivity index (χ0v) is 11.8. The zero-order valence-electron chi connectivity index (χ0n) is 10.2. The first-order valence-corrected chi connectivity index (χ1v) is 8.34. The van der Waals surface area contributed by atoms with Crippen molar-refractivity contribution in [2.24, 2.45) is 0 Å². The molecule has 0 aliphatic carbocycles. The molecule has 0 radical (unpaired) electrons. The third kappa shape index (κ3) is 3.70. The number of halogens is 1. The third-order valence-corrected chi connectivity index (χ3v) is 5.75. The van der Waals surface area contributed by atoms with Crippen LogP contribution in [0.15, 0.2) is 24.3 Å². The van der Waals surface area contributed by atoms with E-state index in [1.54, 1.807) is 6.07 Å². The van der Waals surface area contributed by atoms with E-state index in [-0.39, 0.29) is 11.0 Å². The predicted molar refractivity (Wildman–Crippen MR) is 74.8 cm³/mol. The van der Waals surface area contributed by atoms with E-state index < -0.39 is 9.84 Å².